The van der Waals surface area contributed by atoms with Gasteiger partial charge < -0.3 is 5.32 Å². The van der Waals surface area contributed by atoms with Gasteiger partial charge in [-0.3, -0.25) is 4.79 Å². The zero-order valence-corrected chi connectivity index (χ0v) is 10.1. The second kappa shape index (κ2) is 5.74. The highest BCUT2D eigenvalue weighted by Crippen LogP contribution is 2.25. The van der Waals surface area contributed by atoms with Gasteiger partial charge in [0.05, 0.1) is 28.1 Å². The van der Waals surface area contributed by atoms with Crippen molar-refractivity contribution in [1.29, 1.82) is 5.26 Å². The van der Waals surface area contributed by atoms with E-state index in [0.29, 0.717) is 10.6 Å². The van der Waals surface area contributed by atoms with Crippen LogP contribution >= 0.6 is 23.2 Å². The zero-order chi connectivity index (χ0) is 12.1. The first-order valence-corrected chi connectivity index (χ1v) is 5.43. The van der Waals surface area contributed by atoms with Crippen LogP contribution < -0.4 is 5.32 Å². The summed E-state index contributed by atoms with van der Waals surface area (Å²) >= 11 is 11.7. The minimum atomic E-state index is -0.324. The van der Waals surface area contributed by atoms with Crippen LogP contribution in [-0.4, -0.2) is 11.9 Å². The topological polar surface area (TPSA) is 52.9 Å². The third-order valence-electron chi connectivity index (χ3n) is 1.97. The molecule has 1 rings (SSSR count). The number of nitrogens with one attached hydrogen (secondary N) is 1. The molecule has 5 heteroatoms. The molecule has 1 amide bonds. The van der Waals surface area contributed by atoms with E-state index in [2.05, 4.69) is 5.32 Å². The molecule has 1 aromatic rings. The fourth-order valence-corrected chi connectivity index (χ4v) is 1.56. The highest BCUT2D eigenvalue weighted by molar-refractivity contribution is 6.43. The van der Waals surface area contributed by atoms with Crippen LogP contribution in [0.4, 0.5) is 0 Å². The Hall–Kier alpha value is -1.24. The van der Waals surface area contributed by atoms with Crippen molar-refractivity contribution in [3.63, 3.8) is 0 Å². The summed E-state index contributed by atoms with van der Waals surface area (Å²) in [5.74, 6) is -0.324. The fraction of sp³-hybridized carbons (Fsp3) is 0.273. The second-order valence-corrected chi connectivity index (χ2v) is 4.12. The number of rotatable bonds is 3. The third kappa shape index (κ3) is 3.13. The van der Waals surface area contributed by atoms with Crippen molar-refractivity contribution in [2.75, 3.05) is 0 Å². The quantitative estimate of drug-likeness (QED) is 0.904. The van der Waals surface area contributed by atoms with E-state index in [1.165, 1.54) is 0 Å². The molecule has 1 N–H and O–H groups in total. The van der Waals surface area contributed by atoms with Gasteiger partial charge in [-0.25, -0.2) is 0 Å². The number of nitrogens with zero attached hydrogens (tertiary/aromatic N) is 1. The molecule has 1 aromatic carbocycles. The molecule has 1 atom stereocenters. The van der Waals surface area contributed by atoms with Gasteiger partial charge in [0.25, 0.3) is 5.91 Å². The molecule has 1 unspecified atom stereocenters. The Morgan fingerprint density at radius 1 is 1.56 bits per heavy atom. The first kappa shape index (κ1) is 12.8. The second-order valence-electron chi connectivity index (χ2n) is 3.34. The Kier molecular flexibility index (Phi) is 4.60. The summed E-state index contributed by atoms with van der Waals surface area (Å²) < 4.78 is 0. The number of benzene rings is 1. The van der Waals surface area contributed by atoms with Crippen LogP contribution in [0.25, 0.3) is 0 Å². The van der Waals surface area contributed by atoms with E-state index < -0.39 is 0 Å². The van der Waals surface area contributed by atoms with Crippen molar-refractivity contribution >= 4 is 29.1 Å². The number of hydrogen-bond donors (Lipinski definition) is 1. The summed E-state index contributed by atoms with van der Waals surface area (Å²) in [5, 5.41) is 11.7. The fourth-order valence-electron chi connectivity index (χ4n) is 1.17. The maximum atomic E-state index is 11.7. The Balaban J connectivity index is 2.82. The molecule has 0 aromatic heterocycles. The molecule has 0 aliphatic rings. The summed E-state index contributed by atoms with van der Waals surface area (Å²) in [5.41, 5.74) is 0.318. The predicted molar refractivity (Wildman–Crippen MR) is 63.6 cm³/mol. The molecule has 84 valence electrons. The van der Waals surface area contributed by atoms with Crippen molar-refractivity contribution in [2.45, 2.75) is 19.4 Å². The van der Waals surface area contributed by atoms with Crippen molar-refractivity contribution in [3.8, 4) is 6.07 Å². The molecule has 0 bridgehead atoms. The maximum Gasteiger partial charge on any atom is 0.253 e. The molecule has 3 nitrogen and oxygen atoms in total. The van der Waals surface area contributed by atoms with Crippen LogP contribution in [0.2, 0.25) is 10.0 Å². The normalized spacial score (nSPS) is 11.6. The summed E-state index contributed by atoms with van der Waals surface area (Å²) in [6.45, 7) is 1.75. The number of carbonyl (C=O) groups is 1. The van der Waals surface area contributed by atoms with E-state index in [0.717, 1.165) is 0 Å². The maximum absolute atomic E-state index is 11.7. The summed E-state index contributed by atoms with van der Waals surface area (Å²) in [6.07, 6.45) is 0.254. The van der Waals surface area contributed by atoms with Gasteiger partial charge in [-0.05, 0) is 19.1 Å². The van der Waals surface area contributed by atoms with E-state index in [9.17, 15) is 4.79 Å². The predicted octanol–water partition coefficient (Wildman–Crippen LogP) is 3.03. The van der Waals surface area contributed by atoms with Crippen molar-refractivity contribution in [1.82, 2.24) is 5.32 Å². The van der Waals surface area contributed by atoms with E-state index >= 15 is 0 Å². The monoisotopic (exact) mass is 256 g/mol. The number of nitriles is 1. The first-order valence-electron chi connectivity index (χ1n) is 4.68. The van der Waals surface area contributed by atoms with Gasteiger partial charge in [-0.2, -0.15) is 5.26 Å². The van der Waals surface area contributed by atoms with Crippen LogP contribution in [0.5, 0.6) is 0 Å². The lowest BCUT2D eigenvalue weighted by Crippen LogP contribution is -2.32. The standard InChI is InChI=1S/C11H10Cl2N2O/c1-7(5-6-14)15-11(16)8-3-2-4-9(12)10(8)13/h2-4,7H,5H2,1H3,(H,15,16). The van der Waals surface area contributed by atoms with E-state index in [-0.39, 0.29) is 23.4 Å². The molecular weight excluding hydrogens is 247 g/mol. The van der Waals surface area contributed by atoms with Crippen LogP contribution in [0.1, 0.15) is 23.7 Å². The summed E-state index contributed by atoms with van der Waals surface area (Å²) in [4.78, 5) is 11.7. The summed E-state index contributed by atoms with van der Waals surface area (Å²) in [6, 6.07) is 6.61. The summed E-state index contributed by atoms with van der Waals surface area (Å²) in [7, 11) is 0. The molecule has 0 radical (unpaired) electrons. The lowest BCUT2D eigenvalue weighted by atomic mass is 10.2. The van der Waals surface area contributed by atoms with Crippen LogP contribution in [-0.2, 0) is 0 Å². The van der Waals surface area contributed by atoms with Crippen LogP contribution in [0.15, 0.2) is 18.2 Å². The number of amides is 1. The molecule has 0 saturated carbocycles. The van der Waals surface area contributed by atoms with E-state index in [1.807, 2.05) is 6.07 Å². The number of hydrogen-bond acceptors (Lipinski definition) is 2. The Morgan fingerprint density at radius 3 is 2.88 bits per heavy atom. The smallest absolute Gasteiger partial charge is 0.253 e. The molecule has 0 spiro atoms. The molecule has 0 aliphatic carbocycles. The molecule has 0 saturated heterocycles. The van der Waals surface area contributed by atoms with Crippen LogP contribution in [0.3, 0.4) is 0 Å². The Labute approximate surface area is 104 Å². The lowest BCUT2D eigenvalue weighted by molar-refractivity contribution is 0.0941. The molecule has 0 fully saturated rings. The molecule has 16 heavy (non-hydrogen) atoms. The molecule has 0 heterocycles. The first-order chi connectivity index (χ1) is 7.56. The highest BCUT2D eigenvalue weighted by atomic mass is 35.5. The molecule has 0 aliphatic heterocycles. The third-order valence-corrected chi connectivity index (χ3v) is 2.79. The van der Waals surface area contributed by atoms with Crippen molar-refractivity contribution in [3.05, 3.63) is 33.8 Å². The van der Waals surface area contributed by atoms with Gasteiger partial charge in [-0.15, -0.1) is 0 Å². The van der Waals surface area contributed by atoms with Gasteiger partial charge >= 0.3 is 0 Å². The zero-order valence-electron chi connectivity index (χ0n) is 8.63. The average Bonchev–Trinajstić information content (AvgIpc) is 2.22. The number of halogens is 2. The largest absolute Gasteiger partial charge is 0.349 e. The lowest BCUT2D eigenvalue weighted by Gasteiger charge is -2.11. The Bertz CT molecular complexity index is 440. The highest BCUT2D eigenvalue weighted by Gasteiger charge is 2.14. The molecular formula is C11H10Cl2N2O. The van der Waals surface area contributed by atoms with Gasteiger partial charge in [0.1, 0.15) is 0 Å². The minimum absolute atomic E-state index is 0.215. The average molecular weight is 257 g/mol. The van der Waals surface area contributed by atoms with Gasteiger partial charge in [0.15, 0.2) is 0 Å². The SMILES string of the molecule is CC(CC#N)NC(=O)c1cccc(Cl)c1Cl. The van der Waals surface area contributed by atoms with Crippen molar-refractivity contribution < 1.29 is 4.79 Å². The van der Waals surface area contributed by atoms with Crippen molar-refractivity contribution in [2.24, 2.45) is 0 Å². The number of carbonyl (C=O) groups excluding carboxylic acids is 1. The van der Waals surface area contributed by atoms with E-state index in [1.54, 1.807) is 25.1 Å². The van der Waals surface area contributed by atoms with Crippen LogP contribution in [0, 0.1) is 11.3 Å². The van der Waals surface area contributed by atoms with E-state index in [4.69, 9.17) is 28.5 Å². The minimum Gasteiger partial charge on any atom is -0.349 e. The van der Waals surface area contributed by atoms with Gasteiger partial charge in [-0.1, -0.05) is 29.3 Å². The van der Waals surface area contributed by atoms with Gasteiger partial charge in [0.2, 0.25) is 0 Å². The Morgan fingerprint density at radius 2 is 2.25 bits per heavy atom. The van der Waals surface area contributed by atoms with Gasteiger partial charge in [0, 0.05) is 6.04 Å².